The molecule has 0 aromatic carbocycles. The molecule has 0 atom stereocenters. The molecular formula is C5H16O4Si2. The van der Waals surface area contributed by atoms with E-state index >= 15 is 0 Å². The second-order valence-corrected chi connectivity index (χ2v) is 3.86. The molecule has 6 heteroatoms. The highest BCUT2D eigenvalue weighted by atomic mass is 28.3. The Hall–Kier alpha value is -0.146. The zero-order valence-corrected chi connectivity index (χ0v) is 10.6. The summed E-state index contributed by atoms with van der Waals surface area (Å²) in [7, 11) is 3.82. The van der Waals surface area contributed by atoms with Crippen molar-refractivity contribution in [3.05, 3.63) is 12.8 Å². The fourth-order valence-corrected chi connectivity index (χ4v) is 0.866. The second-order valence-electron chi connectivity index (χ2n) is 1.40. The van der Waals surface area contributed by atoms with Crippen molar-refractivity contribution in [1.29, 1.82) is 0 Å². The van der Waals surface area contributed by atoms with Gasteiger partial charge in [-0.3, -0.25) is 0 Å². The van der Waals surface area contributed by atoms with Crippen LogP contribution in [0.1, 0.15) is 0 Å². The molecule has 68 valence electrons. The largest absolute Gasteiger partial charge is 0.559 e. The summed E-state index contributed by atoms with van der Waals surface area (Å²) in [6.45, 7) is 3.29. The van der Waals surface area contributed by atoms with E-state index in [2.05, 4.69) is 11.0 Å². The molecule has 0 aliphatic rings. The zero-order valence-electron chi connectivity index (χ0n) is 7.49. The van der Waals surface area contributed by atoms with Gasteiger partial charge in [-0.2, -0.15) is 0 Å². The van der Waals surface area contributed by atoms with Crippen LogP contribution < -0.4 is 0 Å². The molecule has 0 saturated heterocycles. The third-order valence-electron chi connectivity index (χ3n) is 0.744. The maximum atomic E-state index is 4.74. The average Bonchev–Trinajstić information content (AvgIpc) is 2.08. The molecular weight excluding hydrogens is 180 g/mol. The first kappa shape index (κ1) is 13.4. The van der Waals surface area contributed by atoms with Crippen LogP contribution >= 0.6 is 0 Å². The van der Waals surface area contributed by atoms with Crippen LogP contribution in [0.3, 0.4) is 0 Å². The maximum Gasteiger partial charge on any atom is 0.483 e. The van der Waals surface area contributed by atoms with E-state index in [4.69, 9.17) is 13.3 Å². The first-order valence-corrected chi connectivity index (χ1v) is 5.21. The summed E-state index contributed by atoms with van der Waals surface area (Å²) >= 11 is 0. The molecule has 11 heavy (non-hydrogen) atoms. The van der Waals surface area contributed by atoms with E-state index in [1.165, 1.54) is 6.26 Å². The number of rotatable bonds is 4. The van der Waals surface area contributed by atoms with E-state index in [9.17, 15) is 0 Å². The van der Waals surface area contributed by atoms with E-state index in [1.807, 2.05) is 0 Å². The van der Waals surface area contributed by atoms with Gasteiger partial charge in [0.2, 0.25) is 10.5 Å². The third kappa shape index (κ3) is 12.9. The molecule has 0 aliphatic heterocycles. The molecule has 0 aromatic rings. The number of hydrogen-bond acceptors (Lipinski definition) is 4. The molecule has 0 aromatic heterocycles. The lowest BCUT2D eigenvalue weighted by molar-refractivity contribution is 0.163. The summed E-state index contributed by atoms with van der Waals surface area (Å²) in [5.74, 6) is 0. The third-order valence-corrected chi connectivity index (χ3v) is 2.23. The van der Waals surface area contributed by atoms with Crippen LogP contribution in [0.4, 0.5) is 0 Å². The Morgan fingerprint density at radius 3 is 1.45 bits per heavy atom. The van der Waals surface area contributed by atoms with Gasteiger partial charge in [-0.1, -0.05) is 6.58 Å². The van der Waals surface area contributed by atoms with Gasteiger partial charge in [-0.05, 0) is 0 Å². The lowest BCUT2D eigenvalue weighted by atomic mass is 11.2. The van der Waals surface area contributed by atoms with Crippen molar-refractivity contribution in [2.24, 2.45) is 0 Å². The summed E-state index contributed by atoms with van der Waals surface area (Å²) in [6.07, 6.45) is 1.44. The molecule has 0 N–H and O–H groups in total. The van der Waals surface area contributed by atoms with E-state index < -0.39 is 9.53 Å². The normalized spacial score (nSPS) is 8.73. The summed E-state index contributed by atoms with van der Waals surface area (Å²) < 4.78 is 18.7. The molecule has 0 unspecified atom stereocenters. The van der Waals surface area contributed by atoms with Gasteiger partial charge in [0.05, 0.1) is 6.26 Å². The van der Waals surface area contributed by atoms with Crippen LogP contribution in [0.2, 0.25) is 0 Å². The Balaban J connectivity index is 0. The van der Waals surface area contributed by atoms with E-state index in [1.54, 1.807) is 21.3 Å². The molecule has 0 heterocycles. The van der Waals surface area contributed by atoms with Gasteiger partial charge in [0.1, 0.15) is 0 Å². The maximum absolute atomic E-state index is 4.74. The molecule has 0 aliphatic carbocycles. The average molecular weight is 196 g/mol. The van der Waals surface area contributed by atoms with Crippen molar-refractivity contribution in [3.63, 3.8) is 0 Å². The molecule has 0 fully saturated rings. The van der Waals surface area contributed by atoms with Crippen molar-refractivity contribution < 1.29 is 17.7 Å². The summed E-state index contributed by atoms with van der Waals surface area (Å²) in [4.78, 5) is 0. The van der Waals surface area contributed by atoms with Crippen LogP contribution in [0, 0.1) is 0 Å². The van der Waals surface area contributed by atoms with Crippen molar-refractivity contribution >= 4 is 20.0 Å². The highest BCUT2D eigenvalue weighted by Gasteiger charge is 2.04. The van der Waals surface area contributed by atoms with Crippen LogP contribution in [0.25, 0.3) is 0 Å². The van der Waals surface area contributed by atoms with E-state index in [0.29, 0.717) is 0 Å². The van der Waals surface area contributed by atoms with Crippen LogP contribution in [-0.4, -0.2) is 41.3 Å². The standard InChI is InChI=1S/C3H10O3Si.C2H6OSi/c1-4-7(5-2)6-3;1-2-3-4/h7H,1-3H3;2H,1H2,4H3. The molecule has 0 spiro atoms. The lowest BCUT2D eigenvalue weighted by Crippen LogP contribution is -2.21. The van der Waals surface area contributed by atoms with Crippen LogP contribution in [0.5, 0.6) is 0 Å². The quantitative estimate of drug-likeness (QED) is 0.430. The minimum absolute atomic E-state index is 0.772. The molecule has 0 rings (SSSR count). The first-order chi connectivity index (χ1) is 5.26. The fraction of sp³-hybridized carbons (Fsp3) is 0.600. The molecule has 0 radical (unpaired) electrons. The van der Waals surface area contributed by atoms with Crippen LogP contribution in [-0.2, 0) is 17.7 Å². The Morgan fingerprint density at radius 2 is 1.45 bits per heavy atom. The second kappa shape index (κ2) is 12.5. The smallest absolute Gasteiger partial charge is 0.483 e. The highest BCUT2D eigenvalue weighted by Crippen LogP contribution is 1.81. The topological polar surface area (TPSA) is 36.9 Å². The van der Waals surface area contributed by atoms with E-state index in [0.717, 1.165) is 10.5 Å². The SMILES string of the molecule is C=CO[SiH3].CO[SiH](OC)OC. The highest BCUT2D eigenvalue weighted by molar-refractivity contribution is 6.36. The predicted octanol–water partition coefficient (Wildman–Crippen LogP) is -0.930. The molecule has 0 amide bonds. The van der Waals surface area contributed by atoms with E-state index in [-0.39, 0.29) is 0 Å². The molecule has 0 bridgehead atoms. The van der Waals surface area contributed by atoms with Crippen molar-refractivity contribution in [2.45, 2.75) is 0 Å². The Bertz CT molecular complexity index is 71.4. The van der Waals surface area contributed by atoms with Gasteiger partial charge in [-0.15, -0.1) is 0 Å². The van der Waals surface area contributed by atoms with Gasteiger partial charge in [0.15, 0.2) is 0 Å². The first-order valence-electron chi connectivity index (χ1n) is 2.98. The molecule has 4 nitrogen and oxygen atoms in total. The minimum Gasteiger partial charge on any atom is -0.559 e. The van der Waals surface area contributed by atoms with Crippen molar-refractivity contribution in [1.82, 2.24) is 0 Å². The van der Waals surface area contributed by atoms with Crippen LogP contribution in [0.15, 0.2) is 12.8 Å². The van der Waals surface area contributed by atoms with Gasteiger partial charge >= 0.3 is 9.53 Å². The van der Waals surface area contributed by atoms with Crippen molar-refractivity contribution in [2.75, 3.05) is 21.3 Å². The number of hydrogen-bond donors (Lipinski definition) is 0. The Labute approximate surface area is 72.6 Å². The summed E-state index contributed by atoms with van der Waals surface area (Å²) in [5, 5.41) is 0. The molecule has 0 saturated carbocycles. The zero-order chi connectivity index (χ0) is 9.11. The van der Waals surface area contributed by atoms with Gasteiger partial charge in [-0.25, -0.2) is 0 Å². The van der Waals surface area contributed by atoms with Gasteiger partial charge < -0.3 is 17.7 Å². The lowest BCUT2D eigenvalue weighted by Gasteiger charge is -2.05. The minimum atomic E-state index is -1.67. The summed E-state index contributed by atoms with van der Waals surface area (Å²) in [5.41, 5.74) is 0. The predicted molar refractivity (Wildman–Crippen MR) is 49.4 cm³/mol. The van der Waals surface area contributed by atoms with Gasteiger partial charge in [0.25, 0.3) is 0 Å². The fourth-order valence-electron chi connectivity index (χ4n) is 0.289. The monoisotopic (exact) mass is 196 g/mol. The Kier molecular flexibility index (Phi) is 15.3. The summed E-state index contributed by atoms with van der Waals surface area (Å²) in [6, 6.07) is 0. The Morgan fingerprint density at radius 1 is 1.18 bits per heavy atom. The van der Waals surface area contributed by atoms with Gasteiger partial charge in [0, 0.05) is 21.3 Å². The van der Waals surface area contributed by atoms with Crippen molar-refractivity contribution in [3.8, 4) is 0 Å².